The highest BCUT2D eigenvalue weighted by molar-refractivity contribution is 7.99. The highest BCUT2D eigenvalue weighted by atomic mass is 32.2. The maximum atomic E-state index is 13.3. The van der Waals surface area contributed by atoms with E-state index >= 15 is 0 Å². The Hall–Kier alpha value is -1.33. The third-order valence-corrected chi connectivity index (χ3v) is 4.19. The van der Waals surface area contributed by atoms with Gasteiger partial charge in [0.05, 0.1) is 12.2 Å². The maximum Gasteiger partial charge on any atom is 0.124 e. The van der Waals surface area contributed by atoms with Crippen LogP contribution in [0.25, 0.3) is 0 Å². The first-order valence-corrected chi connectivity index (χ1v) is 7.61. The van der Waals surface area contributed by atoms with E-state index in [0.717, 1.165) is 28.0 Å². The highest BCUT2D eigenvalue weighted by Crippen LogP contribution is 2.34. The van der Waals surface area contributed by atoms with E-state index in [1.165, 1.54) is 6.07 Å². The zero-order chi connectivity index (χ0) is 14.7. The highest BCUT2D eigenvalue weighted by Gasteiger charge is 2.18. The average Bonchev–Trinajstić information content (AvgIpc) is 2.76. The summed E-state index contributed by atoms with van der Waals surface area (Å²) in [4.78, 5) is 5.52. The van der Waals surface area contributed by atoms with Crippen molar-refractivity contribution in [3.8, 4) is 0 Å². The third kappa shape index (κ3) is 3.04. The van der Waals surface area contributed by atoms with Crippen LogP contribution in [0.15, 0.2) is 34.2 Å². The molecule has 0 unspecified atom stereocenters. The molecule has 1 aromatic heterocycles. The number of imidazole rings is 1. The van der Waals surface area contributed by atoms with Crippen LogP contribution in [0.5, 0.6) is 0 Å². The molecule has 0 spiro atoms. The van der Waals surface area contributed by atoms with Crippen molar-refractivity contribution in [1.82, 2.24) is 9.55 Å². The lowest BCUT2D eigenvalue weighted by Crippen LogP contribution is -2.07. The maximum absolute atomic E-state index is 13.3. The van der Waals surface area contributed by atoms with E-state index < -0.39 is 0 Å². The summed E-state index contributed by atoms with van der Waals surface area (Å²) in [7, 11) is 0. The summed E-state index contributed by atoms with van der Waals surface area (Å²) in [6, 6.07) is 6.63. The minimum Gasteiger partial charge on any atom is -0.324 e. The van der Waals surface area contributed by atoms with E-state index in [-0.39, 0.29) is 5.82 Å². The molecule has 5 heteroatoms. The van der Waals surface area contributed by atoms with Gasteiger partial charge in [-0.15, -0.1) is 0 Å². The van der Waals surface area contributed by atoms with Gasteiger partial charge >= 0.3 is 0 Å². The first kappa shape index (κ1) is 15.1. The van der Waals surface area contributed by atoms with Gasteiger partial charge in [0.1, 0.15) is 16.7 Å². The van der Waals surface area contributed by atoms with Gasteiger partial charge in [0, 0.05) is 11.4 Å². The summed E-state index contributed by atoms with van der Waals surface area (Å²) >= 11 is 1.55. The average molecular weight is 293 g/mol. The fourth-order valence-electron chi connectivity index (χ4n) is 2.11. The second-order valence-corrected chi connectivity index (χ2v) is 5.94. The number of benzene rings is 1. The van der Waals surface area contributed by atoms with Crippen LogP contribution < -0.4 is 5.73 Å². The minimum absolute atomic E-state index is 0.220. The Morgan fingerprint density at radius 1 is 1.40 bits per heavy atom. The monoisotopic (exact) mass is 293 g/mol. The molecule has 0 fully saturated rings. The lowest BCUT2D eigenvalue weighted by molar-refractivity contribution is 0.623. The largest absolute Gasteiger partial charge is 0.324 e. The Morgan fingerprint density at radius 3 is 2.70 bits per heavy atom. The Bertz CT molecular complexity index is 593. The lowest BCUT2D eigenvalue weighted by atomic mass is 10.1. The van der Waals surface area contributed by atoms with Crippen molar-refractivity contribution in [1.29, 1.82) is 0 Å². The summed E-state index contributed by atoms with van der Waals surface area (Å²) in [6.45, 7) is 7.51. The van der Waals surface area contributed by atoms with E-state index in [1.54, 1.807) is 23.9 Å². The number of aromatic nitrogens is 2. The van der Waals surface area contributed by atoms with Crippen LogP contribution in [0.4, 0.5) is 4.39 Å². The number of hydrogen-bond donors (Lipinski definition) is 1. The number of hydrogen-bond acceptors (Lipinski definition) is 3. The Labute approximate surface area is 123 Å². The van der Waals surface area contributed by atoms with Gasteiger partial charge in [-0.3, -0.25) is 0 Å². The summed E-state index contributed by atoms with van der Waals surface area (Å²) in [5.74, 6) is 0.974. The fourth-order valence-corrected chi connectivity index (χ4v) is 3.38. The first-order valence-electron chi connectivity index (χ1n) is 6.79. The zero-order valence-corrected chi connectivity index (χ0v) is 12.9. The van der Waals surface area contributed by atoms with Gasteiger partial charge in [-0.25, -0.2) is 9.37 Å². The molecule has 0 aliphatic rings. The molecule has 2 rings (SSSR count). The second kappa shape index (κ2) is 6.41. The van der Waals surface area contributed by atoms with E-state index in [4.69, 9.17) is 5.73 Å². The van der Waals surface area contributed by atoms with Crippen LogP contribution in [0, 0.1) is 5.82 Å². The van der Waals surface area contributed by atoms with Gasteiger partial charge in [0.25, 0.3) is 0 Å². The molecule has 1 heterocycles. The molecule has 1 aromatic carbocycles. The van der Waals surface area contributed by atoms with Crippen molar-refractivity contribution >= 4 is 11.8 Å². The van der Waals surface area contributed by atoms with Crippen molar-refractivity contribution in [3.05, 3.63) is 41.6 Å². The Kier molecular flexibility index (Phi) is 4.83. The van der Waals surface area contributed by atoms with Crippen molar-refractivity contribution in [2.45, 2.75) is 49.7 Å². The molecule has 0 saturated heterocycles. The predicted molar refractivity (Wildman–Crippen MR) is 80.4 cm³/mol. The molecule has 2 N–H and O–H groups in total. The number of nitrogens with zero attached hydrogens (tertiary/aromatic N) is 2. The van der Waals surface area contributed by atoms with Crippen molar-refractivity contribution in [2.75, 3.05) is 0 Å². The molecule has 0 bridgehead atoms. The standard InChI is InChI=1S/C15H20FN3S/c1-4-19-13(9-17)18-14(10(2)3)15(19)20-12-7-5-6-11(16)8-12/h5-8,10H,4,9,17H2,1-3H3. The van der Waals surface area contributed by atoms with Crippen molar-refractivity contribution < 1.29 is 4.39 Å². The lowest BCUT2D eigenvalue weighted by Gasteiger charge is -2.10. The topological polar surface area (TPSA) is 43.8 Å². The van der Waals surface area contributed by atoms with Crippen LogP contribution >= 0.6 is 11.8 Å². The van der Waals surface area contributed by atoms with E-state index in [1.807, 2.05) is 6.07 Å². The molecule has 20 heavy (non-hydrogen) atoms. The minimum atomic E-state index is -0.220. The van der Waals surface area contributed by atoms with Gasteiger partial charge < -0.3 is 10.3 Å². The summed E-state index contributed by atoms with van der Waals surface area (Å²) in [5, 5.41) is 1.06. The van der Waals surface area contributed by atoms with E-state index in [9.17, 15) is 4.39 Å². The van der Waals surface area contributed by atoms with Crippen LogP contribution in [0.1, 0.15) is 38.2 Å². The fraction of sp³-hybridized carbons (Fsp3) is 0.400. The Balaban J connectivity index is 2.45. The zero-order valence-electron chi connectivity index (χ0n) is 12.1. The molecule has 0 amide bonds. The number of nitrogens with two attached hydrogens (primary N) is 1. The van der Waals surface area contributed by atoms with Crippen molar-refractivity contribution in [2.24, 2.45) is 5.73 Å². The SMILES string of the molecule is CCn1c(CN)nc(C(C)C)c1Sc1cccc(F)c1. The molecule has 0 aliphatic carbocycles. The van der Waals surface area contributed by atoms with Crippen LogP contribution in [-0.4, -0.2) is 9.55 Å². The quantitative estimate of drug-likeness (QED) is 0.912. The van der Waals surface area contributed by atoms with Crippen LogP contribution in [-0.2, 0) is 13.1 Å². The van der Waals surface area contributed by atoms with Gasteiger partial charge in [-0.2, -0.15) is 0 Å². The van der Waals surface area contributed by atoms with Gasteiger partial charge in [0.15, 0.2) is 0 Å². The molecule has 0 radical (unpaired) electrons. The predicted octanol–water partition coefficient (Wildman–Crippen LogP) is 3.78. The van der Waals surface area contributed by atoms with Gasteiger partial charge in [-0.1, -0.05) is 31.7 Å². The third-order valence-electron chi connectivity index (χ3n) is 3.08. The second-order valence-electron chi connectivity index (χ2n) is 4.88. The summed E-state index contributed by atoms with van der Waals surface area (Å²) < 4.78 is 15.4. The first-order chi connectivity index (χ1) is 9.56. The summed E-state index contributed by atoms with van der Waals surface area (Å²) in [6.07, 6.45) is 0. The molecule has 0 saturated carbocycles. The van der Waals surface area contributed by atoms with Crippen LogP contribution in [0.2, 0.25) is 0 Å². The molecule has 108 valence electrons. The molecular weight excluding hydrogens is 273 g/mol. The molecule has 0 aliphatic heterocycles. The molecular formula is C15H20FN3S. The number of rotatable bonds is 5. The number of halogens is 1. The summed E-state index contributed by atoms with van der Waals surface area (Å²) in [5.41, 5.74) is 6.80. The smallest absolute Gasteiger partial charge is 0.124 e. The van der Waals surface area contributed by atoms with E-state index in [0.29, 0.717) is 12.5 Å². The molecule has 2 aromatic rings. The van der Waals surface area contributed by atoms with E-state index in [2.05, 4.69) is 30.3 Å². The molecule has 0 atom stereocenters. The van der Waals surface area contributed by atoms with Crippen molar-refractivity contribution in [3.63, 3.8) is 0 Å². The normalized spacial score (nSPS) is 11.3. The van der Waals surface area contributed by atoms with Crippen LogP contribution in [0.3, 0.4) is 0 Å². The van der Waals surface area contributed by atoms with Gasteiger partial charge in [0.2, 0.25) is 0 Å². The van der Waals surface area contributed by atoms with Gasteiger partial charge in [-0.05, 0) is 31.0 Å². The molecule has 3 nitrogen and oxygen atoms in total. The Morgan fingerprint density at radius 2 is 2.15 bits per heavy atom.